The summed E-state index contributed by atoms with van der Waals surface area (Å²) >= 11 is 0. The van der Waals surface area contributed by atoms with Gasteiger partial charge in [0.2, 0.25) is 10.0 Å². The molecule has 5 nitrogen and oxygen atoms in total. The third-order valence-electron chi connectivity index (χ3n) is 3.35. The number of hydrogen-bond acceptors (Lipinski definition) is 4. The number of nitrogens with zero attached hydrogens (tertiary/aromatic N) is 1. The number of sulfonamides is 1. The topological polar surface area (TPSA) is 71.5 Å². The Morgan fingerprint density at radius 1 is 1.35 bits per heavy atom. The van der Waals surface area contributed by atoms with Crippen molar-refractivity contribution in [3.05, 3.63) is 30.1 Å². The molecular weight excluding hydrogens is 305 g/mol. The van der Waals surface area contributed by atoms with Crippen LogP contribution in [0.25, 0.3) is 0 Å². The maximum atomic E-state index is 13.7. The van der Waals surface area contributed by atoms with Crippen LogP contribution in [0, 0.1) is 5.82 Å². The number of rotatable bonds is 4. The second kappa shape index (κ2) is 5.42. The summed E-state index contributed by atoms with van der Waals surface area (Å²) in [5, 5.41) is 0. The second-order valence-corrected chi connectivity index (χ2v) is 8.78. The lowest BCUT2D eigenvalue weighted by Crippen LogP contribution is -2.41. The molecule has 112 valence electrons. The van der Waals surface area contributed by atoms with Crippen LogP contribution in [0.4, 0.5) is 4.39 Å². The standard InChI is InChI=1S/C12H16FNO4S2/c1-2-14(10-7-8-19(15,16)9-10)20(17,18)12-6-4-3-5-11(12)13/h3-6,10H,2,7-9H2,1H3/t10-/m0/s1. The summed E-state index contributed by atoms with van der Waals surface area (Å²) in [4.78, 5) is -0.411. The van der Waals surface area contributed by atoms with Crippen molar-refractivity contribution >= 4 is 19.9 Å². The normalized spacial score (nSPS) is 22.2. The second-order valence-electron chi connectivity index (χ2n) is 4.70. The van der Waals surface area contributed by atoms with E-state index in [1.54, 1.807) is 6.92 Å². The maximum absolute atomic E-state index is 13.7. The zero-order valence-corrected chi connectivity index (χ0v) is 12.6. The summed E-state index contributed by atoms with van der Waals surface area (Å²) < 4.78 is 62.7. The minimum Gasteiger partial charge on any atom is -0.229 e. The summed E-state index contributed by atoms with van der Waals surface area (Å²) in [5.74, 6) is -1.05. The molecular formula is C12H16FNO4S2. The van der Waals surface area contributed by atoms with Crippen molar-refractivity contribution in [2.75, 3.05) is 18.1 Å². The molecule has 1 saturated heterocycles. The summed E-state index contributed by atoms with van der Waals surface area (Å²) in [6.07, 6.45) is 0.254. The molecule has 8 heteroatoms. The summed E-state index contributed by atoms with van der Waals surface area (Å²) in [6.45, 7) is 1.72. The van der Waals surface area contributed by atoms with Crippen LogP contribution >= 0.6 is 0 Å². The number of benzene rings is 1. The van der Waals surface area contributed by atoms with Gasteiger partial charge in [0, 0.05) is 12.6 Å². The van der Waals surface area contributed by atoms with E-state index >= 15 is 0 Å². The van der Waals surface area contributed by atoms with Crippen molar-refractivity contribution in [3.63, 3.8) is 0 Å². The molecule has 1 aromatic rings. The van der Waals surface area contributed by atoms with Crippen LogP contribution in [-0.2, 0) is 19.9 Å². The van der Waals surface area contributed by atoms with Gasteiger partial charge >= 0.3 is 0 Å². The van der Waals surface area contributed by atoms with Gasteiger partial charge in [-0.1, -0.05) is 19.1 Å². The van der Waals surface area contributed by atoms with E-state index in [-0.39, 0.29) is 24.5 Å². The van der Waals surface area contributed by atoms with Crippen LogP contribution in [0.3, 0.4) is 0 Å². The maximum Gasteiger partial charge on any atom is 0.246 e. The lowest BCUT2D eigenvalue weighted by atomic mass is 10.3. The average molecular weight is 321 g/mol. The highest BCUT2D eigenvalue weighted by Gasteiger charge is 2.38. The monoisotopic (exact) mass is 321 g/mol. The van der Waals surface area contributed by atoms with E-state index in [9.17, 15) is 21.2 Å². The van der Waals surface area contributed by atoms with E-state index in [1.807, 2.05) is 0 Å². The lowest BCUT2D eigenvalue weighted by molar-refractivity contribution is 0.352. The fourth-order valence-corrected chi connectivity index (χ4v) is 5.96. The fourth-order valence-electron chi connectivity index (χ4n) is 2.41. The molecule has 1 atom stereocenters. The van der Waals surface area contributed by atoms with Crippen LogP contribution in [0.15, 0.2) is 29.2 Å². The van der Waals surface area contributed by atoms with Crippen molar-refractivity contribution in [1.29, 1.82) is 0 Å². The van der Waals surface area contributed by atoms with Gasteiger partial charge in [0.25, 0.3) is 0 Å². The van der Waals surface area contributed by atoms with Gasteiger partial charge in [0.1, 0.15) is 10.7 Å². The first-order valence-corrected chi connectivity index (χ1v) is 9.51. The molecule has 1 aliphatic heterocycles. The highest BCUT2D eigenvalue weighted by atomic mass is 32.2. The number of halogens is 1. The van der Waals surface area contributed by atoms with Gasteiger partial charge in [-0.05, 0) is 18.6 Å². The van der Waals surface area contributed by atoms with E-state index < -0.39 is 36.6 Å². The van der Waals surface area contributed by atoms with Gasteiger partial charge in [-0.15, -0.1) is 0 Å². The molecule has 2 rings (SSSR count). The zero-order valence-electron chi connectivity index (χ0n) is 11.0. The van der Waals surface area contributed by atoms with Gasteiger partial charge in [-0.25, -0.2) is 21.2 Å². The van der Waals surface area contributed by atoms with Crippen LogP contribution in [0.2, 0.25) is 0 Å². The lowest BCUT2D eigenvalue weighted by Gasteiger charge is -2.26. The van der Waals surface area contributed by atoms with Crippen LogP contribution in [0.5, 0.6) is 0 Å². The first kappa shape index (κ1) is 15.4. The van der Waals surface area contributed by atoms with E-state index in [4.69, 9.17) is 0 Å². The van der Waals surface area contributed by atoms with Crippen molar-refractivity contribution in [2.24, 2.45) is 0 Å². The Bertz CT molecular complexity index is 700. The molecule has 0 N–H and O–H groups in total. The fraction of sp³-hybridized carbons (Fsp3) is 0.500. The Labute approximate surface area is 118 Å². The molecule has 0 saturated carbocycles. The molecule has 0 aromatic heterocycles. The average Bonchev–Trinajstić information content (AvgIpc) is 2.70. The molecule has 0 unspecified atom stereocenters. The van der Waals surface area contributed by atoms with Gasteiger partial charge in [-0.3, -0.25) is 0 Å². The van der Waals surface area contributed by atoms with E-state index in [1.165, 1.54) is 18.2 Å². The summed E-state index contributed by atoms with van der Waals surface area (Å²) in [5.41, 5.74) is 0. The Hall–Kier alpha value is -0.990. The Balaban J connectivity index is 2.39. The third-order valence-corrected chi connectivity index (χ3v) is 7.16. The first-order valence-electron chi connectivity index (χ1n) is 6.25. The zero-order chi connectivity index (χ0) is 15.0. The van der Waals surface area contributed by atoms with E-state index in [2.05, 4.69) is 0 Å². The quantitative estimate of drug-likeness (QED) is 0.830. The van der Waals surface area contributed by atoms with Crippen LogP contribution < -0.4 is 0 Å². The largest absolute Gasteiger partial charge is 0.246 e. The Kier molecular flexibility index (Phi) is 4.17. The smallest absolute Gasteiger partial charge is 0.229 e. The first-order chi connectivity index (χ1) is 9.28. The molecule has 0 amide bonds. The van der Waals surface area contributed by atoms with Gasteiger partial charge in [-0.2, -0.15) is 4.31 Å². The Morgan fingerprint density at radius 2 is 2.00 bits per heavy atom. The van der Waals surface area contributed by atoms with Gasteiger partial charge in [0.15, 0.2) is 9.84 Å². The molecule has 1 aliphatic rings. The van der Waals surface area contributed by atoms with Gasteiger partial charge < -0.3 is 0 Å². The molecule has 1 heterocycles. The van der Waals surface area contributed by atoms with E-state index in [0.717, 1.165) is 10.4 Å². The van der Waals surface area contributed by atoms with Crippen molar-refractivity contribution < 1.29 is 21.2 Å². The highest BCUT2D eigenvalue weighted by Crippen LogP contribution is 2.26. The van der Waals surface area contributed by atoms with Crippen LogP contribution in [0.1, 0.15) is 13.3 Å². The third kappa shape index (κ3) is 2.87. The molecule has 1 fully saturated rings. The molecule has 0 aliphatic carbocycles. The highest BCUT2D eigenvalue weighted by molar-refractivity contribution is 7.92. The van der Waals surface area contributed by atoms with Gasteiger partial charge in [0.05, 0.1) is 11.5 Å². The van der Waals surface area contributed by atoms with Crippen molar-refractivity contribution in [2.45, 2.75) is 24.3 Å². The van der Waals surface area contributed by atoms with Crippen LogP contribution in [-0.4, -0.2) is 45.2 Å². The van der Waals surface area contributed by atoms with Crippen molar-refractivity contribution in [1.82, 2.24) is 4.31 Å². The molecule has 20 heavy (non-hydrogen) atoms. The minimum absolute atomic E-state index is 0.0268. The molecule has 1 aromatic carbocycles. The SMILES string of the molecule is CCN([C@H]1CCS(=O)(=O)C1)S(=O)(=O)c1ccccc1F. The summed E-state index contributed by atoms with van der Waals surface area (Å²) in [6, 6.07) is 4.50. The number of sulfone groups is 1. The Morgan fingerprint density at radius 3 is 2.50 bits per heavy atom. The number of hydrogen-bond donors (Lipinski definition) is 0. The predicted molar refractivity (Wildman–Crippen MR) is 73.0 cm³/mol. The minimum atomic E-state index is -4.02. The molecule has 0 bridgehead atoms. The molecule has 0 spiro atoms. The predicted octanol–water partition coefficient (Wildman–Crippen LogP) is 1.02. The molecule has 0 radical (unpaired) electrons. The summed E-state index contributed by atoms with van der Waals surface area (Å²) in [7, 11) is -7.22. The van der Waals surface area contributed by atoms with E-state index in [0.29, 0.717) is 0 Å². The van der Waals surface area contributed by atoms with Crippen molar-refractivity contribution in [3.8, 4) is 0 Å².